The third kappa shape index (κ3) is 3.33. The van der Waals surface area contributed by atoms with E-state index in [1.54, 1.807) is 7.11 Å². The summed E-state index contributed by atoms with van der Waals surface area (Å²) < 4.78 is 10.9. The Morgan fingerprint density at radius 1 is 1.31 bits per heavy atom. The number of anilines is 1. The lowest BCUT2D eigenvalue weighted by Crippen LogP contribution is -2.14. The Bertz CT molecular complexity index is 326. The van der Waals surface area contributed by atoms with Gasteiger partial charge in [-0.2, -0.15) is 0 Å². The first-order valence-corrected chi connectivity index (χ1v) is 5.81. The van der Waals surface area contributed by atoms with Crippen molar-refractivity contribution >= 4 is 5.69 Å². The van der Waals surface area contributed by atoms with Crippen LogP contribution in [0.3, 0.4) is 0 Å². The molecule has 1 aromatic carbocycles. The first-order chi connectivity index (χ1) is 7.71. The van der Waals surface area contributed by atoms with Crippen molar-refractivity contribution < 1.29 is 9.47 Å². The van der Waals surface area contributed by atoms with E-state index in [9.17, 15) is 0 Å². The number of methoxy groups -OCH3 is 1. The van der Waals surface area contributed by atoms with E-state index < -0.39 is 0 Å². The van der Waals surface area contributed by atoms with Gasteiger partial charge in [0.15, 0.2) is 0 Å². The van der Waals surface area contributed by atoms with Crippen LogP contribution in [0.15, 0.2) is 18.2 Å². The Labute approximate surface area is 97.6 Å². The van der Waals surface area contributed by atoms with E-state index >= 15 is 0 Å². The van der Waals surface area contributed by atoms with Gasteiger partial charge in [-0.15, -0.1) is 0 Å². The maximum Gasteiger partial charge on any atom is 0.142 e. The molecule has 0 fully saturated rings. The van der Waals surface area contributed by atoms with Crippen LogP contribution in [0.2, 0.25) is 0 Å². The molecule has 1 aromatic rings. The van der Waals surface area contributed by atoms with E-state index in [1.807, 2.05) is 18.2 Å². The van der Waals surface area contributed by atoms with Crippen LogP contribution >= 0.6 is 0 Å². The van der Waals surface area contributed by atoms with Crippen LogP contribution in [0.1, 0.15) is 33.1 Å². The minimum atomic E-state index is 0.276. The molecule has 0 aliphatic heterocycles. The molecule has 0 saturated carbocycles. The molecule has 0 aliphatic rings. The van der Waals surface area contributed by atoms with Gasteiger partial charge in [0.25, 0.3) is 0 Å². The van der Waals surface area contributed by atoms with Gasteiger partial charge in [0.1, 0.15) is 11.5 Å². The van der Waals surface area contributed by atoms with E-state index in [4.69, 9.17) is 15.2 Å². The highest BCUT2D eigenvalue weighted by Crippen LogP contribution is 2.27. The normalized spacial score (nSPS) is 12.2. The van der Waals surface area contributed by atoms with Crippen LogP contribution in [-0.2, 0) is 0 Å². The Hall–Kier alpha value is -1.38. The van der Waals surface area contributed by atoms with Gasteiger partial charge in [-0.1, -0.05) is 20.3 Å². The first kappa shape index (κ1) is 12.7. The van der Waals surface area contributed by atoms with Crippen LogP contribution in [0.4, 0.5) is 5.69 Å². The summed E-state index contributed by atoms with van der Waals surface area (Å²) in [5.74, 6) is 1.51. The third-order valence-corrected chi connectivity index (χ3v) is 2.57. The van der Waals surface area contributed by atoms with Gasteiger partial charge >= 0.3 is 0 Å². The molecule has 0 saturated heterocycles. The highest BCUT2D eigenvalue weighted by atomic mass is 16.5. The Kier molecular flexibility index (Phi) is 4.96. The van der Waals surface area contributed by atoms with E-state index in [2.05, 4.69) is 13.8 Å². The quantitative estimate of drug-likeness (QED) is 0.753. The van der Waals surface area contributed by atoms with Crippen LogP contribution in [0, 0.1) is 0 Å². The zero-order chi connectivity index (χ0) is 12.0. The zero-order valence-corrected chi connectivity index (χ0v) is 10.3. The fourth-order valence-electron chi connectivity index (χ4n) is 1.65. The van der Waals surface area contributed by atoms with Gasteiger partial charge in [0.05, 0.1) is 18.9 Å². The minimum Gasteiger partial charge on any atom is -0.495 e. The van der Waals surface area contributed by atoms with E-state index in [0.29, 0.717) is 11.4 Å². The third-order valence-electron chi connectivity index (χ3n) is 2.57. The molecule has 3 heteroatoms. The fourth-order valence-corrected chi connectivity index (χ4v) is 1.65. The van der Waals surface area contributed by atoms with Crippen LogP contribution in [-0.4, -0.2) is 13.2 Å². The van der Waals surface area contributed by atoms with Crippen molar-refractivity contribution in [1.82, 2.24) is 0 Å². The molecule has 1 unspecified atom stereocenters. The van der Waals surface area contributed by atoms with Gasteiger partial charge in [-0.25, -0.2) is 0 Å². The number of ether oxygens (including phenoxy) is 2. The molecular formula is C13H21NO2. The largest absolute Gasteiger partial charge is 0.495 e. The van der Waals surface area contributed by atoms with Crippen molar-refractivity contribution in [2.45, 2.75) is 39.2 Å². The Morgan fingerprint density at radius 2 is 2.06 bits per heavy atom. The molecule has 0 bridgehead atoms. The number of nitrogens with two attached hydrogens (primary N) is 1. The summed E-state index contributed by atoms with van der Waals surface area (Å²) in [6, 6.07) is 5.55. The van der Waals surface area contributed by atoms with Gasteiger partial charge in [-0.05, 0) is 25.0 Å². The molecular weight excluding hydrogens is 202 g/mol. The van der Waals surface area contributed by atoms with E-state index in [1.165, 1.54) is 0 Å². The van der Waals surface area contributed by atoms with Gasteiger partial charge in [0, 0.05) is 6.07 Å². The fraction of sp³-hybridized carbons (Fsp3) is 0.538. The molecule has 90 valence electrons. The monoisotopic (exact) mass is 223 g/mol. The Morgan fingerprint density at radius 3 is 2.56 bits per heavy atom. The lowest BCUT2D eigenvalue weighted by atomic mass is 10.1. The second kappa shape index (κ2) is 6.26. The second-order valence-corrected chi connectivity index (χ2v) is 3.84. The van der Waals surface area contributed by atoms with Crippen molar-refractivity contribution in [2.75, 3.05) is 12.8 Å². The highest BCUT2D eigenvalue weighted by Gasteiger charge is 2.08. The van der Waals surface area contributed by atoms with E-state index in [-0.39, 0.29) is 6.10 Å². The summed E-state index contributed by atoms with van der Waals surface area (Å²) in [4.78, 5) is 0. The molecule has 2 N–H and O–H groups in total. The summed E-state index contributed by atoms with van der Waals surface area (Å²) in [5, 5.41) is 0. The maximum absolute atomic E-state index is 5.85. The highest BCUT2D eigenvalue weighted by molar-refractivity contribution is 5.56. The molecule has 1 atom stereocenters. The first-order valence-electron chi connectivity index (χ1n) is 5.81. The lowest BCUT2D eigenvalue weighted by molar-refractivity contribution is 0.185. The molecule has 0 aliphatic carbocycles. The number of rotatable bonds is 6. The topological polar surface area (TPSA) is 44.5 Å². The number of nitrogen functional groups attached to an aromatic ring is 1. The maximum atomic E-state index is 5.85. The van der Waals surface area contributed by atoms with Crippen molar-refractivity contribution in [3.8, 4) is 11.5 Å². The summed E-state index contributed by atoms with van der Waals surface area (Å²) in [5.41, 5.74) is 6.44. The number of hydrogen-bond acceptors (Lipinski definition) is 3. The second-order valence-electron chi connectivity index (χ2n) is 3.84. The summed E-state index contributed by atoms with van der Waals surface area (Å²) in [6.07, 6.45) is 3.49. The van der Waals surface area contributed by atoms with Crippen LogP contribution < -0.4 is 15.2 Å². The van der Waals surface area contributed by atoms with Gasteiger partial charge in [-0.3, -0.25) is 0 Å². The van der Waals surface area contributed by atoms with Crippen LogP contribution in [0.25, 0.3) is 0 Å². The molecule has 0 aromatic heterocycles. The molecule has 1 rings (SSSR count). The summed E-state index contributed by atoms with van der Waals surface area (Å²) in [7, 11) is 1.61. The number of hydrogen-bond donors (Lipinski definition) is 1. The molecule has 16 heavy (non-hydrogen) atoms. The summed E-state index contributed by atoms with van der Waals surface area (Å²) >= 11 is 0. The SMILES string of the molecule is CCCC(CC)Oc1ccc(OC)c(N)c1. The number of benzene rings is 1. The predicted molar refractivity (Wildman–Crippen MR) is 67.0 cm³/mol. The average molecular weight is 223 g/mol. The Balaban J connectivity index is 2.69. The van der Waals surface area contributed by atoms with Crippen LogP contribution in [0.5, 0.6) is 11.5 Å². The molecule has 0 spiro atoms. The predicted octanol–water partition coefficient (Wildman–Crippen LogP) is 3.23. The van der Waals surface area contributed by atoms with Crippen molar-refractivity contribution in [2.24, 2.45) is 0 Å². The zero-order valence-electron chi connectivity index (χ0n) is 10.3. The summed E-state index contributed by atoms with van der Waals surface area (Å²) in [6.45, 7) is 4.29. The van der Waals surface area contributed by atoms with Gasteiger partial charge in [0.2, 0.25) is 0 Å². The molecule has 3 nitrogen and oxygen atoms in total. The smallest absolute Gasteiger partial charge is 0.142 e. The lowest BCUT2D eigenvalue weighted by Gasteiger charge is -2.17. The van der Waals surface area contributed by atoms with Gasteiger partial charge < -0.3 is 15.2 Å². The van der Waals surface area contributed by atoms with Crippen molar-refractivity contribution in [3.63, 3.8) is 0 Å². The molecule has 0 heterocycles. The van der Waals surface area contributed by atoms with E-state index in [0.717, 1.165) is 25.0 Å². The average Bonchev–Trinajstić information content (AvgIpc) is 2.28. The standard InChI is InChI=1S/C13H21NO2/c1-4-6-10(5-2)16-11-7-8-13(15-3)12(14)9-11/h7-10H,4-6,14H2,1-3H3. The molecule has 0 radical (unpaired) electrons. The van der Waals surface area contributed by atoms with Crippen molar-refractivity contribution in [1.29, 1.82) is 0 Å². The van der Waals surface area contributed by atoms with Crippen molar-refractivity contribution in [3.05, 3.63) is 18.2 Å². The molecule has 0 amide bonds. The minimum absolute atomic E-state index is 0.276.